The maximum Gasteiger partial charge on any atom is 0.328 e. The maximum atomic E-state index is 12.2. The molecule has 154 valence electrons. The van der Waals surface area contributed by atoms with Gasteiger partial charge in [-0.1, -0.05) is 0 Å². The van der Waals surface area contributed by atoms with Gasteiger partial charge in [-0.25, -0.2) is 9.78 Å². The number of carbonyl (C=O) groups excluding carboxylic acids is 2. The average Bonchev–Trinajstić information content (AvgIpc) is 3.05. The van der Waals surface area contributed by atoms with E-state index in [9.17, 15) is 9.59 Å². The molecule has 2 aromatic rings. The Hall–Kier alpha value is -2.41. The molecule has 0 radical (unpaired) electrons. The van der Waals surface area contributed by atoms with Gasteiger partial charge in [0, 0.05) is 30.6 Å². The van der Waals surface area contributed by atoms with Gasteiger partial charge < -0.3 is 9.88 Å². The molecule has 3 fully saturated rings. The van der Waals surface area contributed by atoms with Crippen molar-refractivity contribution >= 4 is 28.7 Å². The van der Waals surface area contributed by atoms with E-state index < -0.39 is 0 Å². The van der Waals surface area contributed by atoms with Crippen molar-refractivity contribution in [2.75, 3.05) is 24.5 Å². The largest absolute Gasteiger partial charge is 0.329 e. The van der Waals surface area contributed by atoms with E-state index in [1.807, 2.05) is 6.07 Å². The monoisotopic (exact) mass is 395 g/mol. The fraction of sp³-hybridized carbons (Fsp3) is 0.591. The molecule has 29 heavy (non-hydrogen) atoms. The minimum absolute atomic E-state index is 0.216. The number of carbonyl (C=O) groups is 2. The number of aryl methyl sites for hydroxylation is 1. The highest BCUT2D eigenvalue weighted by Crippen LogP contribution is 2.47. The Balaban J connectivity index is 1.39. The van der Waals surface area contributed by atoms with Crippen molar-refractivity contribution in [3.63, 3.8) is 0 Å². The summed E-state index contributed by atoms with van der Waals surface area (Å²) in [4.78, 5) is 30.0. The van der Waals surface area contributed by atoms with Crippen molar-refractivity contribution in [3.8, 4) is 0 Å². The van der Waals surface area contributed by atoms with Crippen LogP contribution in [0.5, 0.6) is 0 Å². The predicted molar refractivity (Wildman–Crippen MR) is 112 cm³/mol. The molecule has 3 aliphatic rings. The molecule has 1 spiro atoms. The zero-order chi connectivity index (χ0) is 20.0. The summed E-state index contributed by atoms with van der Waals surface area (Å²) in [6.07, 6.45) is 12.0. The zero-order valence-electron chi connectivity index (χ0n) is 17.0. The molecule has 0 bridgehead atoms. The standard InChI is InChI=1S/C22H29N5O2/c1-15-14-27(16-2-5-22(6-3-16)7-9-23-10-8-22)20-18(15)12-17(13-24-20)26-11-4-19(28)25-21(26)29/h12-14,16,23H,2-11H2,1H3,(H,25,28,29). The van der Waals surface area contributed by atoms with Crippen molar-refractivity contribution < 1.29 is 9.59 Å². The normalized spacial score (nSPS) is 23.0. The predicted octanol–water partition coefficient (Wildman–Crippen LogP) is 3.28. The summed E-state index contributed by atoms with van der Waals surface area (Å²) in [5, 5.41) is 6.98. The second-order valence-electron chi connectivity index (χ2n) is 9.02. The van der Waals surface area contributed by atoms with E-state index in [0.717, 1.165) is 29.8 Å². The highest BCUT2D eigenvalue weighted by molar-refractivity contribution is 6.06. The van der Waals surface area contributed by atoms with Crippen LogP contribution in [0.3, 0.4) is 0 Å². The number of imide groups is 1. The second kappa shape index (κ2) is 7.13. The van der Waals surface area contributed by atoms with Crippen molar-refractivity contribution in [3.05, 3.63) is 24.0 Å². The Labute approximate surface area is 170 Å². The van der Waals surface area contributed by atoms with E-state index >= 15 is 0 Å². The topological polar surface area (TPSA) is 79.3 Å². The van der Waals surface area contributed by atoms with Crippen molar-refractivity contribution in [1.29, 1.82) is 0 Å². The lowest BCUT2D eigenvalue weighted by atomic mass is 9.67. The van der Waals surface area contributed by atoms with E-state index in [4.69, 9.17) is 4.98 Å². The van der Waals surface area contributed by atoms with E-state index in [0.29, 0.717) is 24.4 Å². The third-order valence-electron chi connectivity index (χ3n) is 7.29. The van der Waals surface area contributed by atoms with Crippen LogP contribution in [0.15, 0.2) is 18.5 Å². The molecule has 2 aromatic heterocycles. The van der Waals surface area contributed by atoms with E-state index in [-0.39, 0.29) is 11.9 Å². The van der Waals surface area contributed by atoms with Crippen LogP contribution in [0.25, 0.3) is 11.0 Å². The molecule has 7 heteroatoms. The number of nitrogens with one attached hydrogen (secondary N) is 2. The summed E-state index contributed by atoms with van der Waals surface area (Å²) in [5.74, 6) is -0.216. The summed E-state index contributed by atoms with van der Waals surface area (Å²) in [6.45, 7) is 4.84. The number of pyridine rings is 1. The lowest BCUT2D eigenvalue weighted by Gasteiger charge is -2.43. The molecule has 0 atom stereocenters. The number of nitrogens with zero attached hydrogens (tertiary/aromatic N) is 3. The molecular formula is C22H29N5O2. The molecule has 2 aliphatic heterocycles. The van der Waals surface area contributed by atoms with E-state index in [1.165, 1.54) is 44.1 Å². The van der Waals surface area contributed by atoms with Gasteiger partial charge in [-0.2, -0.15) is 0 Å². The van der Waals surface area contributed by atoms with Crippen molar-refractivity contribution in [2.24, 2.45) is 5.41 Å². The van der Waals surface area contributed by atoms with Crippen LogP contribution in [0.1, 0.15) is 56.6 Å². The lowest BCUT2D eigenvalue weighted by molar-refractivity contribution is -0.120. The number of urea groups is 1. The molecule has 4 heterocycles. The number of piperidine rings is 1. The number of anilines is 1. The van der Waals surface area contributed by atoms with Gasteiger partial charge in [0.1, 0.15) is 5.65 Å². The van der Waals surface area contributed by atoms with Crippen LogP contribution >= 0.6 is 0 Å². The van der Waals surface area contributed by atoms with Gasteiger partial charge in [-0.3, -0.25) is 15.0 Å². The molecule has 5 rings (SSSR count). The summed E-state index contributed by atoms with van der Waals surface area (Å²) in [5.41, 5.74) is 3.50. The van der Waals surface area contributed by atoms with Crippen LogP contribution in [-0.4, -0.2) is 41.1 Å². The Bertz CT molecular complexity index is 950. The summed E-state index contributed by atoms with van der Waals surface area (Å²) in [6, 6.07) is 2.18. The summed E-state index contributed by atoms with van der Waals surface area (Å²) < 4.78 is 2.36. The highest BCUT2D eigenvalue weighted by Gasteiger charge is 2.37. The Morgan fingerprint density at radius 3 is 2.62 bits per heavy atom. The van der Waals surface area contributed by atoms with Crippen LogP contribution in [0, 0.1) is 12.3 Å². The number of aromatic nitrogens is 2. The first-order valence-electron chi connectivity index (χ1n) is 10.8. The quantitative estimate of drug-likeness (QED) is 0.818. The van der Waals surface area contributed by atoms with Crippen LogP contribution in [-0.2, 0) is 4.79 Å². The molecule has 0 aromatic carbocycles. The molecule has 1 saturated carbocycles. The lowest BCUT2D eigenvalue weighted by Crippen LogP contribution is -2.49. The third-order valence-corrected chi connectivity index (χ3v) is 7.29. The highest BCUT2D eigenvalue weighted by atomic mass is 16.2. The molecular weight excluding hydrogens is 366 g/mol. The molecule has 2 N–H and O–H groups in total. The van der Waals surface area contributed by atoms with Crippen LogP contribution in [0.2, 0.25) is 0 Å². The Morgan fingerprint density at radius 1 is 1.14 bits per heavy atom. The van der Waals surface area contributed by atoms with Gasteiger partial charge >= 0.3 is 6.03 Å². The van der Waals surface area contributed by atoms with Gasteiger partial charge in [0.2, 0.25) is 5.91 Å². The fourth-order valence-corrected chi connectivity index (χ4v) is 5.47. The minimum Gasteiger partial charge on any atom is -0.329 e. The van der Waals surface area contributed by atoms with Gasteiger partial charge in [0.05, 0.1) is 11.9 Å². The number of amides is 3. The van der Waals surface area contributed by atoms with Gasteiger partial charge in [0.15, 0.2) is 0 Å². The number of fused-ring (bicyclic) bond motifs is 1. The summed E-state index contributed by atoms with van der Waals surface area (Å²) >= 11 is 0. The maximum absolute atomic E-state index is 12.2. The number of rotatable bonds is 2. The molecule has 7 nitrogen and oxygen atoms in total. The molecule has 2 saturated heterocycles. The number of hydrogen-bond donors (Lipinski definition) is 2. The van der Waals surface area contributed by atoms with E-state index in [1.54, 1.807) is 11.1 Å². The fourth-order valence-electron chi connectivity index (χ4n) is 5.47. The van der Waals surface area contributed by atoms with E-state index in [2.05, 4.69) is 28.3 Å². The van der Waals surface area contributed by atoms with Crippen molar-refractivity contribution in [1.82, 2.24) is 20.2 Å². The van der Waals surface area contributed by atoms with Gasteiger partial charge in [-0.15, -0.1) is 0 Å². The number of hydrogen-bond acceptors (Lipinski definition) is 4. The first kappa shape index (κ1) is 18.6. The van der Waals surface area contributed by atoms with Gasteiger partial charge in [0.25, 0.3) is 0 Å². The first-order valence-corrected chi connectivity index (χ1v) is 10.8. The summed E-state index contributed by atoms with van der Waals surface area (Å²) in [7, 11) is 0. The second-order valence-corrected chi connectivity index (χ2v) is 9.02. The van der Waals surface area contributed by atoms with Crippen molar-refractivity contribution in [2.45, 2.75) is 57.9 Å². The molecule has 1 aliphatic carbocycles. The first-order chi connectivity index (χ1) is 14.0. The van der Waals surface area contributed by atoms with Crippen LogP contribution < -0.4 is 15.5 Å². The SMILES string of the molecule is Cc1cn(C2CCC3(CCNCC3)CC2)c2ncc(N3CCC(=O)NC3=O)cc12. The van der Waals surface area contributed by atoms with Crippen LogP contribution in [0.4, 0.5) is 10.5 Å². The molecule has 3 amide bonds. The zero-order valence-corrected chi connectivity index (χ0v) is 17.0. The van der Waals surface area contributed by atoms with Gasteiger partial charge in [-0.05, 0) is 75.6 Å². The molecule has 0 unspecified atom stereocenters. The smallest absolute Gasteiger partial charge is 0.328 e. The minimum atomic E-state index is -0.362. The third kappa shape index (κ3) is 3.31. The Morgan fingerprint density at radius 2 is 1.90 bits per heavy atom. The Kier molecular flexibility index (Phi) is 4.57. The average molecular weight is 396 g/mol.